The van der Waals surface area contributed by atoms with Gasteiger partial charge in [0.25, 0.3) is 15.9 Å². The van der Waals surface area contributed by atoms with Gasteiger partial charge in [-0.05, 0) is 49.1 Å². The van der Waals surface area contributed by atoms with Crippen molar-refractivity contribution < 1.29 is 17.9 Å². The molecular formula is C20H22N2O4S. The number of anilines is 1. The summed E-state index contributed by atoms with van der Waals surface area (Å²) >= 11 is 0. The Morgan fingerprint density at radius 1 is 1.19 bits per heavy atom. The molecule has 0 saturated carbocycles. The van der Waals surface area contributed by atoms with Crippen LogP contribution in [0, 0.1) is 0 Å². The summed E-state index contributed by atoms with van der Waals surface area (Å²) in [6.45, 7) is 1.58. The van der Waals surface area contributed by atoms with E-state index in [4.69, 9.17) is 4.74 Å². The van der Waals surface area contributed by atoms with Gasteiger partial charge in [-0.3, -0.25) is 9.10 Å². The summed E-state index contributed by atoms with van der Waals surface area (Å²) in [5.74, 6) is -0.288. The molecule has 6 nitrogen and oxygen atoms in total. The average molecular weight is 386 g/mol. The van der Waals surface area contributed by atoms with E-state index in [0.717, 1.165) is 25.0 Å². The number of sulfonamides is 1. The maximum absolute atomic E-state index is 13.1. The maximum atomic E-state index is 13.1. The third kappa shape index (κ3) is 3.57. The molecule has 2 aliphatic heterocycles. The molecule has 1 unspecified atom stereocenters. The molecule has 27 heavy (non-hydrogen) atoms. The van der Waals surface area contributed by atoms with E-state index < -0.39 is 10.0 Å². The minimum Gasteiger partial charge on any atom is -0.376 e. The fraction of sp³-hybridized carbons (Fsp3) is 0.350. The highest BCUT2D eigenvalue weighted by atomic mass is 32.2. The molecule has 7 heteroatoms. The van der Waals surface area contributed by atoms with Crippen LogP contribution >= 0.6 is 0 Å². The lowest BCUT2D eigenvalue weighted by Crippen LogP contribution is -2.32. The number of fused-ring (bicyclic) bond motifs is 1. The van der Waals surface area contributed by atoms with Crippen LogP contribution in [0.15, 0.2) is 53.4 Å². The molecule has 0 spiro atoms. The molecule has 1 saturated heterocycles. The first-order valence-electron chi connectivity index (χ1n) is 9.16. The zero-order valence-corrected chi connectivity index (χ0v) is 15.7. The molecule has 1 N–H and O–H groups in total. The molecule has 1 amide bonds. The van der Waals surface area contributed by atoms with Crippen LogP contribution in [-0.4, -0.2) is 40.1 Å². The van der Waals surface area contributed by atoms with Crippen LogP contribution in [0.1, 0.15) is 28.8 Å². The third-order valence-electron chi connectivity index (χ3n) is 5.04. The first kappa shape index (κ1) is 18.0. The molecule has 0 bridgehead atoms. The predicted octanol–water partition coefficient (Wildman–Crippen LogP) is 2.35. The quantitative estimate of drug-likeness (QED) is 0.856. The van der Waals surface area contributed by atoms with Crippen LogP contribution < -0.4 is 9.62 Å². The standard InChI is InChI=1S/C20H22N2O4S/c23-20(21-14-17-7-4-12-26-17)16-6-3-8-18(13-16)27(24,25)22-11-10-15-5-1-2-9-19(15)22/h1-3,5-6,8-9,13,17H,4,7,10-12,14H2,(H,21,23). The molecule has 1 atom stereocenters. The fourth-order valence-electron chi connectivity index (χ4n) is 3.60. The fourth-order valence-corrected chi connectivity index (χ4v) is 5.15. The Morgan fingerprint density at radius 2 is 2.04 bits per heavy atom. The van der Waals surface area contributed by atoms with E-state index in [2.05, 4.69) is 5.32 Å². The number of para-hydroxylation sites is 1. The van der Waals surface area contributed by atoms with Crippen molar-refractivity contribution in [1.29, 1.82) is 0 Å². The Hall–Kier alpha value is -2.38. The average Bonchev–Trinajstić information content (AvgIpc) is 3.36. The molecule has 0 aliphatic carbocycles. The molecule has 2 aliphatic rings. The number of nitrogens with zero attached hydrogens (tertiary/aromatic N) is 1. The van der Waals surface area contributed by atoms with E-state index in [1.807, 2.05) is 24.3 Å². The van der Waals surface area contributed by atoms with Crippen molar-refractivity contribution in [2.45, 2.75) is 30.3 Å². The first-order valence-corrected chi connectivity index (χ1v) is 10.6. The van der Waals surface area contributed by atoms with Crippen molar-refractivity contribution in [1.82, 2.24) is 5.32 Å². The van der Waals surface area contributed by atoms with Gasteiger partial charge >= 0.3 is 0 Å². The maximum Gasteiger partial charge on any atom is 0.264 e. The molecule has 0 aromatic heterocycles. The second-order valence-corrected chi connectivity index (χ2v) is 8.69. The summed E-state index contributed by atoms with van der Waals surface area (Å²) in [7, 11) is -3.71. The summed E-state index contributed by atoms with van der Waals surface area (Å²) in [6, 6.07) is 13.7. The van der Waals surface area contributed by atoms with E-state index >= 15 is 0 Å². The van der Waals surface area contributed by atoms with Crippen molar-refractivity contribution in [3.8, 4) is 0 Å². The molecule has 2 aromatic rings. The lowest BCUT2D eigenvalue weighted by atomic mass is 10.2. The van der Waals surface area contributed by atoms with Crippen molar-refractivity contribution in [3.63, 3.8) is 0 Å². The SMILES string of the molecule is O=C(NCC1CCCO1)c1cccc(S(=O)(=O)N2CCc3ccccc32)c1. The van der Waals surface area contributed by atoms with Crippen LogP contribution in [0.2, 0.25) is 0 Å². The number of hydrogen-bond donors (Lipinski definition) is 1. The summed E-state index contributed by atoms with van der Waals surface area (Å²) in [4.78, 5) is 12.6. The number of benzene rings is 2. The van der Waals surface area contributed by atoms with Crippen LogP contribution in [0.5, 0.6) is 0 Å². The van der Waals surface area contributed by atoms with Crippen molar-refractivity contribution in [2.75, 3.05) is 24.0 Å². The highest BCUT2D eigenvalue weighted by Gasteiger charge is 2.31. The Morgan fingerprint density at radius 3 is 2.85 bits per heavy atom. The molecule has 2 heterocycles. The Kier molecular flexibility index (Phi) is 4.88. The van der Waals surface area contributed by atoms with Gasteiger partial charge in [-0.1, -0.05) is 24.3 Å². The van der Waals surface area contributed by atoms with Crippen molar-refractivity contribution >= 4 is 21.6 Å². The summed E-state index contributed by atoms with van der Waals surface area (Å²) in [6.07, 6.45) is 2.67. The Bertz CT molecular complexity index is 952. The second-order valence-electron chi connectivity index (χ2n) is 6.83. The van der Waals surface area contributed by atoms with Crippen molar-refractivity contribution in [3.05, 3.63) is 59.7 Å². The van der Waals surface area contributed by atoms with Crippen LogP contribution in [-0.2, 0) is 21.2 Å². The predicted molar refractivity (Wildman–Crippen MR) is 102 cm³/mol. The van der Waals surface area contributed by atoms with Gasteiger partial charge in [-0.2, -0.15) is 0 Å². The number of amides is 1. The van der Waals surface area contributed by atoms with E-state index in [1.54, 1.807) is 12.1 Å². The van der Waals surface area contributed by atoms with Crippen LogP contribution in [0.4, 0.5) is 5.69 Å². The summed E-state index contributed by atoms with van der Waals surface area (Å²) < 4.78 is 33.1. The van der Waals surface area contributed by atoms with Crippen LogP contribution in [0.25, 0.3) is 0 Å². The molecule has 1 fully saturated rings. The Labute approximate surface area is 159 Å². The van der Waals surface area contributed by atoms with Crippen LogP contribution in [0.3, 0.4) is 0 Å². The topological polar surface area (TPSA) is 75.7 Å². The third-order valence-corrected chi connectivity index (χ3v) is 6.85. The molecule has 0 radical (unpaired) electrons. The number of rotatable bonds is 5. The number of nitrogens with one attached hydrogen (secondary N) is 1. The molecule has 142 valence electrons. The lowest BCUT2D eigenvalue weighted by Gasteiger charge is -2.20. The van der Waals surface area contributed by atoms with E-state index in [1.165, 1.54) is 16.4 Å². The van der Waals surface area contributed by atoms with E-state index in [9.17, 15) is 13.2 Å². The number of ether oxygens (including phenoxy) is 1. The number of carbonyl (C=O) groups excluding carboxylic acids is 1. The normalized spacial score (nSPS) is 19.1. The minimum atomic E-state index is -3.71. The largest absolute Gasteiger partial charge is 0.376 e. The summed E-state index contributed by atoms with van der Waals surface area (Å²) in [5, 5.41) is 2.83. The van der Waals surface area contributed by atoms with Gasteiger partial charge in [0.05, 0.1) is 16.7 Å². The van der Waals surface area contributed by atoms with Gasteiger partial charge in [0, 0.05) is 25.3 Å². The highest BCUT2D eigenvalue weighted by Crippen LogP contribution is 2.32. The zero-order chi connectivity index (χ0) is 18.9. The first-order chi connectivity index (χ1) is 13.1. The molecule has 4 rings (SSSR count). The molecule has 2 aromatic carbocycles. The summed E-state index contributed by atoms with van der Waals surface area (Å²) in [5.41, 5.74) is 2.07. The molecular weight excluding hydrogens is 364 g/mol. The van der Waals surface area contributed by atoms with Gasteiger partial charge in [-0.25, -0.2) is 8.42 Å². The second kappa shape index (κ2) is 7.32. The monoisotopic (exact) mass is 386 g/mol. The lowest BCUT2D eigenvalue weighted by molar-refractivity contribution is 0.0857. The minimum absolute atomic E-state index is 0.0435. The van der Waals surface area contributed by atoms with Crippen molar-refractivity contribution in [2.24, 2.45) is 0 Å². The van der Waals surface area contributed by atoms with E-state index in [-0.39, 0.29) is 16.9 Å². The smallest absolute Gasteiger partial charge is 0.264 e. The zero-order valence-electron chi connectivity index (χ0n) is 14.9. The van der Waals surface area contributed by atoms with Gasteiger partial charge in [0.15, 0.2) is 0 Å². The number of hydrogen-bond acceptors (Lipinski definition) is 4. The number of carbonyl (C=O) groups is 1. The van der Waals surface area contributed by atoms with Gasteiger partial charge < -0.3 is 10.1 Å². The van der Waals surface area contributed by atoms with Gasteiger partial charge in [0.1, 0.15) is 0 Å². The highest BCUT2D eigenvalue weighted by molar-refractivity contribution is 7.92. The van der Waals surface area contributed by atoms with E-state index in [0.29, 0.717) is 30.8 Å². The Balaban J connectivity index is 1.54. The van der Waals surface area contributed by atoms with Gasteiger partial charge in [-0.15, -0.1) is 0 Å². The van der Waals surface area contributed by atoms with Gasteiger partial charge in [0.2, 0.25) is 0 Å².